The molecule has 22 heavy (non-hydrogen) atoms. The van der Waals surface area contributed by atoms with E-state index < -0.39 is 12.1 Å². The molecule has 0 radical (unpaired) electrons. The molecule has 1 saturated heterocycles. The molecular weight excluding hydrogens is 282 g/mol. The van der Waals surface area contributed by atoms with Crippen LogP contribution in [0.5, 0.6) is 0 Å². The zero-order chi connectivity index (χ0) is 15.8. The first-order chi connectivity index (χ1) is 10.7. The lowest BCUT2D eigenvalue weighted by atomic mass is 10.0. The van der Waals surface area contributed by atoms with Gasteiger partial charge < -0.3 is 14.8 Å². The van der Waals surface area contributed by atoms with E-state index in [1.165, 1.54) is 5.56 Å². The molecule has 2 rings (SSSR count). The van der Waals surface area contributed by atoms with Crippen molar-refractivity contribution >= 4 is 12.1 Å². The van der Waals surface area contributed by atoms with Crippen molar-refractivity contribution in [3.63, 3.8) is 0 Å². The molecule has 1 fully saturated rings. The molecule has 1 aromatic rings. The summed E-state index contributed by atoms with van der Waals surface area (Å²) in [4.78, 5) is 22.8. The van der Waals surface area contributed by atoms with Gasteiger partial charge in [0.15, 0.2) is 6.04 Å². The number of aryl methyl sites for hydroxylation is 1. The van der Waals surface area contributed by atoms with Crippen molar-refractivity contribution < 1.29 is 19.1 Å². The Morgan fingerprint density at radius 2 is 2.00 bits per heavy atom. The van der Waals surface area contributed by atoms with Gasteiger partial charge in [0.1, 0.15) is 6.10 Å². The number of ether oxygens (including phenoxy) is 2. The first-order valence-corrected chi connectivity index (χ1v) is 7.88. The average molecular weight is 305 g/mol. The number of rotatable bonds is 8. The number of benzene rings is 1. The fourth-order valence-corrected chi connectivity index (χ4v) is 2.43. The summed E-state index contributed by atoms with van der Waals surface area (Å²) >= 11 is 0. The van der Waals surface area contributed by atoms with Crippen LogP contribution in [0.4, 0.5) is 4.79 Å². The van der Waals surface area contributed by atoms with E-state index in [2.05, 4.69) is 17.4 Å². The van der Waals surface area contributed by atoms with Gasteiger partial charge in [0, 0.05) is 0 Å². The Kier molecular flexibility index (Phi) is 6.25. The van der Waals surface area contributed by atoms with Gasteiger partial charge in [-0.25, -0.2) is 9.59 Å². The summed E-state index contributed by atoms with van der Waals surface area (Å²) < 4.78 is 9.98. The first-order valence-electron chi connectivity index (χ1n) is 7.88. The van der Waals surface area contributed by atoms with E-state index in [0.717, 1.165) is 25.7 Å². The third kappa shape index (κ3) is 4.76. The number of nitrogens with one attached hydrogen (secondary N) is 1. The Hall–Kier alpha value is -2.04. The topological polar surface area (TPSA) is 64.6 Å². The Labute approximate surface area is 131 Å². The lowest BCUT2D eigenvalue weighted by Crippen LogP contribution is -2.59. The number of hydrogen-bond donors (Lipinski definition) is 1. The number of alkyl carbamates (subject to hydrolysis) is 1. The molecule has 1 amide bonds. The second-order valence-electron chi connectivity index (χ2n) is 5.44. The normalized spacial score (nSPS) is 20.0. The highest BCUT2D eigenvalue weighted by molar-refractivity contribution is 5.86. The maximum absolute atomic E-state index is 11.6. The highest BCUT2D eigenvalue weighted by atomic mass is 16.6. The van der Waals surface area contributed by atoms with Crippen LogP contribution in [-0.4, -0.2) is 30.8 Å². The van der Waals surface area contributed by atoms with Crippen molar-refractivity contribution in [1.82, 2.24) is 5.32 Å². The molecule has 1 aromatic carbocycles. The van der Waals surface area contributed by atoms with Gasteiger partial charge in [-0.1, -0.05) is 37.3 Å². The number of carbonyl (C=O) groups excluding carboxylic acids is 2. The zero-order valence-corrected chi connectivity index (χ0v) is 12.9. The van der Waals surface area contributed by atoms with E-state index in [1.807, 2.05) is 25.1 Å². The fraction of sp³-hybridized carbons (Fsp3) is 0.529. The Morgan fingerprint density at radius 1 is 1.23 bits per heavy atom. The summed E-state index contributed by atoms with van der Waals surface area (Å²) in [7, 11) is 0. The molecule has 1 aliphatic heterocycles. The van der Waals surface area contributed by atoms with E-state index in [4.69, 9.17) is 9.47 Å². The minimum atomic E-state index is -0.546. The maximum Gasteiger partial charge on any atom is 0.407 e. The average Bonchev–Trinajstić information content (AvgIpc) is 2.54. The second-order valence-corrected chi connectivity index (χ2v) is 5.44. The molecule has 0 aliphatic carbocycles. The van der Waals surface area contributed by atoms with Gasteiger partial charge in [-0.15, -0.1) is 0 Å². The van der Waals surface area contributed by atoms with Crippen LogP contribution in [0.15, 0.2) is 30.3 Å². The van der Waals surface area contributed by atoms with Gasteiger partial charge in [0.05, 0.1) is 6.61 Å². The Bertz CT molecular complexity index is 489. The summed E-state index contributed by atoms with van der Waals surface area (Å²) in [6, 6.07) is 9.78. The number of unbranched alkanes of at least 4 members (excludes halogenated alkanes) is 2. The molecule has 0 aromatic heterocycles. The van der Waals surface area contributed by atoms with Gasteiger partial charge in [-0.2, -0.15) is 0 Å². The summed E-state index contributed by atoms with van der Waals surface area (Å²) in [6.45, 7) is 2.28. The van der Waals surface area contributed by atoms with E-state index in [0.29, 0.717) is 13.0 Å². The second kappa shape index (κ2) is 8.41. The van der Waals surface area contributed by atoms with Gasteiger partial charge in [0.2, 0.25) is 0 Å². The van der Waals surface area contributed by atoms with Crippen LogP contribution in [0.3, 0.4) is 0 Å². The monoisotopic (exact) mass is 305 g/mol. The SMILES string of the molecule is CC[C@@H]1OC(=O)[C@@H]1NC(=O)OCCCCCc1ccccc1. The van der Waals surface area contributed by atoms with Gasteiger partial charge >= 0.3 is 12.1 Å². The van der Waals surface area contributed by atoms with Crippen LogP contribution in [0.1, 0.15) is 38.2 Å². The predicted molar refractivity (Wildman–Crippen MR) is 82.4 cm³/mol. The molecule has 0 saturated carbocycles. The number of cyclic esters (lactones) is 1. The summed E-state index contributed by atoms with van der Waals surface area (Å²) in [5, 5.41) is 2.55. The highest BCUT2D eigenvalue weighted by Gasteiger charge is 2.42. The summed E-state index contributed by atoms with van der Waals surface area (Å²) in [5.74, 6) is -0.383. The van der Waals surface area contributed by atoms with Crippen LogP contribution in [0, 0.1) is 0 Å². The third-order valence-corrected chi connectivity index (χ3v) is 3.75. The zero-order valence-electron chi connectivity index (χ0n) is 12.9. The lowest BCUT2D eigenvalue weighted by molar-refractivity contribution is -0.176. The molecule has 2 atom stereocenters. The van der Waals surface area contributed by atoms with Crippen LogP contribution < -0.4 is 5.32 Å². The molecule has 5 heteroatoms. The summed E-state index contributed by atoms with van der Waals surface area (Å²) in [6.07, 6.45) is 3.88. The molecule has 5 nitrogen and oxygen atoms in total. The van der Waals surface area contributed by atoms with Gasteiger partial charge in [-0.3, -0.25) is 0 Å². The van der Waals surface area contributed by atoms with Crippen LogP contribution >= 0.6 is 0 Å². The van der Waals surface area contributed by atoms with E-state index in [1.54, 1.807) is 0 Å². The molecule has 0 bridgehead atoms. The van der Waals surface area contributed by atoms with Crippen molar-refractivity contribution in [3.8, 4) is 0 Å². The van der Waals surface area contributed by atoms with Gasteiger partial charge in [0.25, 0.3) is 0 Å². The van der Waals surface area contributed by atoms with Crippen molar-refractivity contribution in [3.05, 3.63) is 35.9 Å². The van der Waals surface area contributed by atoms with Crippen molar-refractivity contribution in [1.29, 1.82) is 0 Å². The number of carbonyl (C=O) groups is 2. The minimum Gasteiger partial charge on any atom is -0.458 e. The first kappa shape index (κ1) is 16.3. The van der Waals surface area contributed by atoms with E-state index in [-0.39, 0.29) is 12.1 Å². The molecule has 0 spiro atoms. The van der Waals surface area contributed by atoms with Crippen LogP contribution in [0.2, 0.25) is 0 Å². The summed E-state index contributed by atoms with van der Waals surface area (Å²) in [5.41, 5.74) is 1.33. The third-order valence-electron chi connectivity index (χ3n) is 3.75. The van der Waals surface area contributed by atoms with Gasteiger partial charge in [-0.05, 0) is 37.7 Å². The molecule has 1 N–H and O–H groups in total. The van der Waals surface area contributed by atoms with Crippen molar-refractivity contribution in [2.75, 3.05) is 6.61 Å². The number of amides is 1. The quantitative estimate of drug-likeness (QED) is 0.592. The van der Waals surface area contributed by atoms with Crippen LogP contribution in [-0.2, 0) is 20.7 Å². The smallest absolute Gasteiger partial charge is 0.407 e. The van der Waals surface area contributed by atoms with Crippen molar-refractivity contribution in [2.24, 2.45) is 0 Å². The molecule has 1 heterocycles. The Morgan fingerprint density at radius 3 is 2.68 bits per heavy atom. The molecular formula is C17H23NO4. The predicted octanol–water partition coefficient (Wildman–Crippen LogP) is 2.83. The number of esters is 1. The Balaban J connectivity index is 1.51. The van der Waals surface area contributed by atoms with E-state index >= 15 is 0 Å². The molecule has 120 valence electrons. The fourth-order valence-electron chi connectivity index (χ4n) is 2.43. The number of hydrogen-bond acceptors (Lipinski definition) is 4. The van der Waals surface area contributed by atoms with Crippen LogP contribution in [0.25, 0.3) is 0 Å². The minimum absolute atomic E-state index is 0.217. The molecule has 1 aliphatic rings. The van der Waals surface area contributed by atoms with E-state index in [9.17, 15) is 9.59 Å². The van der Waals surface area contributed by atoms with Crippen molar-refractivity contribution in [2.45, 2.75) is 51.2 Å². The highest BCUT2D eigenvalue weighted by Crippen LogP contribution is 2.17. The standard InChI is InChI=1S/C17H23NO4/c1-2-14-15(16(19)22-14)18-17(20)21-12-8-4-7-11-13-9-5-3-6-10-13/h3,5-6,9-10,14-15H,2,4,7-8,11-12H2,1H3,(H,18,20)/t14-,15+/m0/s1. The maximum atomic E-state index is 11.6. The largest absolute Gasteiger partial charge is 0.458 e. The lowest BCUT2D eigenvalue weighted by Gasteiger charge is -2.34. The molecule has 0 unspecified atom stereocenters.